The minimum absolute atomic E-state index is 0.0779. The molecule has 1 heterocycles. The van der Waals surface area contributed by atoms with Crippen LogP contribution in [0, 0.1) is 0 Å². The third-order valence-corrected chi connectivity index (χ3v) is 2.52. The molecular weight excluding hydrogens is 234 g/mol. The zero-order valence-corrected chi connectivity index (χ0v) is 10.0. The number of hydrogen-bond donors (Lipinski definition) is 2. The van der Waals surface area contributed by atoms with Crippen molar-refractivity contribution in [2.24, 2.45) is 5.73 Å². The van der Waals surface area contributed by atoms with Crippen LogP contribution in [0.2, 0.25) is 0 Å². The van der Waals surface area contributed by atoms with Gasteiger partial charge in [0, 0.05) is 6.54 Å². The van der Waals surface area contributed by atoms with E-state index >= 15 is 0 Å². The van der Waals surface area contributed by atoms with Gasteiger partial charge in [0.15, 0.2) is 5.82 Å². The summed E-state index contributed by atoms with van der Waals surface area (Å²) in [5.74, 6) is 2.02. The molecule has 0 saturated heterocycles. The van der Waals surface area contributed by atoms with E-state index in [-0.39, 0.29) is 5.92 Å². The first kappa shape index (κ1) is 12.3. The predicted molar refractivity (Wildman–Crippen MR) is 64.5 cm³/mol. The van der Waals surface area contributed by atoms with E-state index in [2.05, 4.69) is 20.6 Å². The van der Waals surface area contributed by atoms with Crippen LogP contribution in [-0.4, -0.2) is 40.9 Å². The summed E-state index contributed by atoms with van der Waals surface area (Å²) in [5.41, 5.74) is 5.65. The molecule has 0 spiro atoms. The standard InChI is InChI=1S/C11H15N5O2/c1-17-9-2-4-10(5-3-9)18-7-8(6-12)11-13-15-16-14-11/h2-5,8H,6-7,12H2,1H3,(H,13,14,15,16). The van der Waals surface area contributed by atoms with Crippen molar-refractivity contribution in [2.75, 3.05) is 20.3 Å². The molecule has 1 unspecified atom stereocenters. The Morgan fingerprint density at radius 1 is 1.28 bits per heavy atom. The zero-order chi connectivity index (χ0) is 12.8. The third kappa shape index (κ3) is 2.95. The molecule has 0 aliphatic rings. The quantitative estimate of drug-likeness (QED) is 0.765. The van der Waals surface area contributed by atoms with Gasteiger partial charge in [-0.25, -0.2) is 0 Å². The Morgan fingerprint density at radius 3 is 2.56 bits per heavy atom. The molecule has 1 aromatic carbocycles. The number of benzene rings is 1. The molecule has 7 heteroatoms. The number of rotatable bonds is 6. The first-order valence-electron chi connectivity index (χ1n) is 5.53. The minimum Gasteiger partial charge on any atom is -0.497 e. The number of nitrogens with one attached hydrogen (secondary N) is 1. The van der Waals surface area contributed by atoms with Crippen LogP contribution in [0.3, 0.4) is 0 Å². The number of aromatic nitrogens is 4. The van der Waals surface area contributed by atoms with E-state index < -0.39 is 0 Å². The second-order valence-corrected chi connectivity index (χ2v) is 3.69. The molecule has 0 bridgehead atoms. The maximum absolute atomic E-state index is 5.65. The molecule has 0 amide bonds. The third-order valence-electron chi connectivity index (χ3n) is 2.52. The van der Waals surface area contributed by atoms with Gasteiger partial charge < -0.3 is 15.2 Å². The summed E-state index contributed by atoms with van der Waals surface area (Å²) in [6, 6.07) is 7.34. The molecule has 1 aromatic heterocycles. The smallest absolute Gasteiger partial charge is 0.182 e. The molecule has 2 aromatic rings. The summed E-state index contributed by atoms with van der Waals surface area (Å²) >= 11 is 0. The van der Waals surface area contributed by atoms with Gasteiger partial charge in [0.1, 0.15) is 11.5 Å². The molecule has 0 fully saturated rings. The van der Waals surface area contributed by atoms with E-state index in [4.69, 9.17) is 15.2 Å². The summed E-state index contributed by atoms with van der Waals surface area (Å²) in [4.78, 5) is 0. The number of H-pyrrole nitrogens is 1. The first-order chi connectivity index (χ1) is 8.83. The van der Waals surface area contributed by atoms with Gasteiger partial charge in [-0.05, 0) is 24.3 Å². The van der Waals surface area contributed by atoms with Crippen molar-refractivity contribution in [3.8, 4) is 11.5 Å². The molecule has 2 rings (SSSR count). The van der Waals surface area contributed by atoms with Gasteiger partial charge in [-0.3, -0.25) is 0 Å². The number of methoxy groups -OCH3 is 1. The highest BCUT2D eigenvalue weighted by atomic mass is 16.5. The maximum atomic E-state index is 5.65. The second-order valence-electron chi connectivity index (χ2n) is 3.69. The van der Waals surface area contributed by atoms with E-state index in [9.17, 15) is 0 Å². The topological polar surface area (TPSA) is 98.9 Å². The molecule has 1 atom stereocenters. The Bertz CT molecular complexity index is 457. The Kier molecular flexibility index (Phi) is 4.08. The number of ether oxygens (including phenoxy) is 2. The molecule has 0 aliphatic heterocycles. The van der Waals surface area contributed by atoms with Gasteiger partial charge in [-0.15, -0.1) is 10.2 Å². The monoisotopic (exact) mass is 249 g/mol. The van der Waals surface area contributed by atoms with Crippen molar-refractivity contribution < 1.29 is 9.47 Å². The Hall–Kier alpha value is -2.15. The Labute approximate surface area is 104 Å². The van der Waals surface area contributed by atoms with Gasteiger partial charge >= 0.3 is 0 Å². The summed E-state index contributed by atoms with van der Waals surface area (Å²) in [6.07, 6.45) is 0. The molecule has 18 heavy (non-hydrogen) atoms. The average molecular weight is 249 g/mol. The van der Waals surface area contributed by atoms with E-state index in [0.29, 0.717) is 19.0 Å². The predicted octanol–water partition coefficient (Wildman–Crippen LogP) is 0.330. The molecular formula is C11H15N5O2. The molecule has 0 aliphatic carbocycles. The fourth-order valence-corrected chi connectivity index (χ4v) is 1.46. The summed E-state index contributed by atoms with van der Waals surface area (Å²) in [6.45, 7) is 0.804. The van der Waals surface area contributed by atoms with Crippen LogP contribution in [0.5, 0.6) is 11.5 Å². The highest BCUT2D eigenvalue weighted by Gasteiger charge is 2.15. The van der Waals surface area contributed by atoms with Crippen LogP contribution in [0.4, 0.5) is 0 Å². The van der Waals surface area contributed by atoms with Crippen LogP contribution in [0.15, 0.2) is 24.3 Å². The number of nitrogens with zero attached hydrogens (tertiary/aromatic N) is 3. The van der Waals surface area contributed by atoms with Crippen molar-refractivity contribution in [2.45, 2.75) is 5.92 Å². The summed E-state index contributed by atoms with van der Waals surface area (Å²) in [7, 11) is 1.62. The summed E-state index contributed by atoms with van der Waals surface area (Å²) < 4.78 is 10.7. The van der Waals surface area contributed by atoms with E-state index in [1.165, 1.54) is 0 Å². The van der Waals surface area contributed by atoms with Crippen molar-refractivity contribution >= 4 is 0 Å². The van der Waals surface area contributed by atoms with Crippen LogP contribution in [0.25, 0.3) is 0 Å². The maximum Gasteiger partial charge on any atom is 0.182 e. The minimum atomic E-state index is -0.0779. The highest BCUT2D eigenvalue weighted by Crippen LogP contribution is 2.18. The normalized spacial score (nSPS) is 12.1. The van der Waals surface area contributed by atoms with Gasteiger partial charge in [-0.2, -0.15) is 5.21 Å². The van der Waals surface area contributed by atoms with E-state index in [0.717, 1.165) is 11.5 Å². The van der Waals surface area contributed by atoms with Crippen LogP contribution >= 0.6 is 0 Å². The number of hydrogen-bond acceptors (Lipinski definition) is 6. The van der Waals surface area contributed by atoms with Crippen molar-refractivity contribution in [1.29, 1.82) is 0 Å². The SMILES string of the molecule is COc1ccc(OCC(CN)c2nn[nH]n2)cc1. The second kappa shape index (κ2) is 5.97. The largest absolute Gasteiger partial charge is 0.497 e. The van der Waals surface area contributed by atoms with Crippen LogP contribution in [-0.2, 0) is 0 Å². The molecule has 7 nitrogen and oxygen atoms in total. The average Bonchev–Trinajstić information content (AvgIpc) is 2.94. The Balaban J connectivity index is 1.93. The van der Waals surface area contributed by atoms with Gasteiger partial charge in [0.05, 0.1) is 19.6 Å². The fourth-order valence-electron chi connectivity index (χ4n) is 1.46. The summed E-state index contributed by atoms with van der Waals surface area (Å²) in [5, 5.41) is 13.7. The lowest BCUT2D eigenvalue weighted by Crippen LogP contribution is -2.21. The van der Waals surface area contributed by atoms with Gasteiger partial charge in [-0.1, -0.05) is 5.21 Å². The molecule has 0 saturated carbocycles. The van der Waals surface area contributed by atoms with Gasteiger partial charge in [0.2, 0.25) is 0 Å². The molecule has 96 valence electrons. The van der Waals surface area contributed by atoms with E-state index in [1.807, 2.05) is 24.3 Å². The number of nitrogens with two attached hydrogens (primary N) is 1. The highest BCUT2D eigenvalue weighted by molar-refractivity contribution is 5.31. The number of tetrazole rings is 1. The van der Waals surface area contributed by atoms with E-state index in [1.54, 1.807) is 7.11 Å². The van der Waals surface area contributed by atoms with Crippen molar-refractivity contribution in [3.63, 3.8) is 0 Å². The Morgan fingerprint density at radius 2 is 2.00 bits per heavy atom. The van der Waals surface area contributed by atoms with Gasteiger partial charge in [0.25, 0.3) is 0 Å². The first-order valence-corrected chi connectivity index (χ1v) is 5.53. The van der Waals surface area contributed by atoms with Crippen molar-refractivity contribution in [1.82, 2.24) is 20.6 Å². The zero-order valence-electron chi connectivity index (χ0n) is 10.0. The lowest BCUT2D eigenvalue weighted by atomic mass is 10.1. The fraction of sp³-hybridized carbons (Fsp3) is 0.364. The van der Waals surface area contributed by atoms with Crippen LogP contribution in [0.1, 0.15) is 11.7 Å². The molecule has 3 N–H and O–H groups in total. The van der Waals surface area contributed by atoms with Crippen LogP contribution < -0.4 is 15.2 Å². The molecule has 0 radical (unpaired) electrons. The van der Waals surface area contributed by atoms with Crippen molar-refractivity contribution in [3.05, 3.63) is 30.1 Å². The number of aromatic amines is 1. The lowest BCUT2D eigenvalue weighted by Gasteiger charge is -2.12. The lowest BCUT2D eigenvalue weighted by molar-refractivity contribution is 0.285.